The third-order valence-electron chi connectivity index (χ3n) is 11.7. The van der Waals surface area contributed by atoms with Crippen molar-refractivity contribution in [2.45, 2.75) is 100 Å². The van der Waals surface area contributed by atoms with Crippen molar-refractivity contribution in [3.63, 3.8) is 0 Å². The van der Waals surface area contributed by atoms with Crippen LogP contribution in [0, 0.1) is 29.4 Å². The number of nitrogens with one attached hydrogen (secondary N) is 2. The van der Waals surface area contributed by atoms with E-state index in [0.29, 0.717) is 18.9 Å². The molecule has 3 aliphatic rings. The molecule has 0 saturated heterocycles. The van der Waals surface area contributed by atoms with Crippen LogP contribution >= 0.6 is 11.6 Å². The number of carbonyl (C=O) groups is 1. The van der Waals surface area contributed by atoms with E-state index in [0.717, 1.165) is 16.8 Å². The second kappa shape index (κ2) is 16.5. The van der Waals surface area contributed by atoms with E-state index >= 15 is 8.78 Å². The summed E-state index contributed by atoms with van der Waals surface area (Å²) in [6.45, 7) is 1.74. The number of fused-ring (bicyclic) bond motifs is 4. The fourth-order valence-corrected chi connectivity index (χ4v) is 10.9. The van der Waals surface area contributed by atoms with E-state index in [1.807, 2.05) is 0 Å². The van der Waals surface area contributed by atoms with Crippen LogP contribution in [0.2, 0.25) is 5.02 Å². The highest BCUT2D eigenvalue weighted by Gasteiger charge is 2.68. The third kappa shape index (κ3) is 8.82. The predicted octanol–water partition coefficient (Wildman–Crippen LogP) is 8.29. The topological polar surface area (TPSA) is 158 Å². The van der Waals surface area contributed by atoms with Crippen molar-refractivity contribution in [3.8, 4) is 23.0 Å². The lowest BCUT2D eigenvalue weighted by molar-refractivity contribution is -0.142. The molecule has 2 N–H and O–H groups in total. The fraction of sp³-hybridized carbons (Fsp3) is 0.429. The zero-order chi connectivity index (χ0) is 48.1. The Balaban J connectivity index is 1.32. The molecule has 8 rings (SSSR count). The van der Waals surface area contributed by atoms with E-state index in [2.05, 4.69) is 37.1 Å². The Bertz CT molecular complexity index is 3090. The molecule has 2 saturated carbocycles. The van der Waals surface area contributed by atoms with Crippen molar-refractivity contribution in [2.24, 2.45) is 5.92 Å². The van der Waals surface area contributed by atoms with Gasteiger partial charge in [-0.05, 0) is 94.2 Å². The fourth-order valence-electron chi connectivity index (χ4n) is 8.32. The summed E-state index contributed by atoms with van der Waals surface area (Å²) in [6, 6.07) is 5.96. The van der Waals surface area contributed by atoms with E-state index < -0.39 is 132 Å². The van der Waals surface area contributed by atoms with Crippen molar-refractivity contribution in [3.05, 3.63) is 93.0 Å². The summed E-state index contributed by atoms with van der Waals surface area (Å²) in [4.78, 5) is 18.7. The second-order valence-corrected chi connectivity index (χ2v) is 22.0. The van der Waals surface area contributed by atoms with Crippen LogP contribution < -0.4 is 10.0 Å². The maximum Gasteiger partial charge on any atom is 0.435 e. The number of nitrogens with zero attached hydrogens (tertiary/aromatic N) is 5. The van der Waals surface area contributed by atoms with Crippen molar-refractivity contribution in [1.29, 1.82) is 0 Å². The van der Waals surface area contributed by atoms with Crippen LogP contribution in [0.25, 0.3) is 22.0 Å². The van der Waals surface area contributed by atoms with Crippen LogP contribution in [0.3, 0.4) is 0 Å². The molecule has 1 unspecified atom stereocenters. The molecular formula is C42H37ClF9N7O5S2. The van der Waals surface area contributed by atoms with Gasteiger partial charge in [0.15, 0.2) is 21.3 Å². The van der Waals surface area contributed by atoms with Gasteiger partial charge in [0, 0.05) is 28.7 Å². The molecular weight excluding hydrogens is 953 g/mol. The van der Waals surface area contributed by atoms with Gasteiger partial charge in [-0.1, -0.05) is 23.6 Å². The lowest BCUT2D eigenvalue weighted by atomic mass is 9.93. The maximum absolute atomic E-state index is 15.5. The standard InChI is InChI=1S/C42H37ClF9N7O5S2/c1-4-65(61,62)57-39-34-29(43)10-9-26(36(34)58(56-39)18-31(46)47)25-8-5-23(11-12-40(2,3)66(63,64)24-6-7-24)53-35(25)30(15-20-13-21(44)16-22(45)14-20)54-32(60)19-59-38-33(37(55-59)42(50,51)52)27-17-28(27)41(38,48)49/h5,8-10,13-14,16,24,27-28,30-31H,4,6-7,15,17-19H2,1-3H3,(H,54,60)(H,56,57)/t27-,28?,30-/m0/s1. The Kier molecular flexibility index (Phi) is 11.8. The zero-order valence-electron chi connectivity index (χ0n) is 34.8. The molecule has 0 aliphatic heterocycles. The van der Waals surface area contributed by atoms with Gasteiger partial charge in [-0.2, -0.15) is 32.1 Å². The minimum Gasteiger partial charge on any atom is -0.346 e. The highest BCUT2D eigenvalue weighted by Crippen LogP contribution is 2.68. The number of pyridine rings is 1. The number of aromatic nitrogens is 5. The number of rotatable bonds is 14. The molecule has 2 fully saturated rings. The van der Waals surface area contributed by atoms with Crippen LogP contribution in [0.1, 0.15) is 85.9 Å². The highest BCUT2D eigenvalue weighted by atomic mass is 35.5. The largest absolute Gasteiger partial charge is 0.435 e. The van der Waals surface area contributed by atoms with Crippen molar-refractivity contribution in [1.82, 2.24) is 29.9 Å². The smallest absolute Gasteiger partial charge is 0.346 e. The lowest BCUT2D eigenvalue weighted by Gasteiger charge is -2.23. The predicted molar refractivity (Wildman–Crippen MR) is 223 cm³/mol. The summed E-state index contributed by atoms with van der Waals surface area (Å²) in [6.07, 6.45) is -8.15. The Labute approximate surface area is 376 Å². The van der Waals surface area contributed by atoms with Gasteiger partial charge in [0.25, 0.3) is 12.3 Å². The molecule has 5 aromatic rings. The first-order chi connectivity index (χ1) is 30.7. The Hall–Kier alpha value is -5.34. The lowest BCUT2D eigenvalue weighted by Crippen LogP contribution is -2.35. The highest BCUT2D eigenvalue weighted by molar-refractivity contribution is 7.94. The number of hydrogen-bond donors (Lipinski definition) is 2. The first-order valence-corrected chi connectivity index (χ1v) is 23.9. The maximum atomic E-state index is 15.5. The summed E-state index contributed by atoms with van der Waals surface area (Å²) in [5, 5.41) is 9.12. The third-order valence-corrected chi connectivity index (χ3v) is 16.1. The number of halogens is 10. The number of alkyl halides is 7. The van der Waals surface area contributed by atoms with Gasteiger partial charge < -0.3 is 5.32 Å². The molecule has 352 valence electrons. The quantitative estimate of drug-likeness (QED) is 0.0832. The van der Waals surface area contributed by atoms with E-state index in [4.69, 9.17) is 11.6 Å². The second-order valence-electron chi connectivity index (χ2n) is 16.8. The number of hydrogen-bond acceptors (Lipinski definition) is 8. The molecule has 3 heterocycles. The van der Waals surface area contributed by atoms with Crippen molar-refractivity contribution >= 4 is 54.1 Å². The summed E-state index contributed by atoms with van der Waals surface area (Å²) in [5.74, 6) is -5.16. The number of amides is 1. The molecule has 2 aromatic carbocycles. The molecule has 3 aromatic heterocycles. The van der Waals surface area contributed by atoms with Crippen LogP contribution in [-0.4, -0.2) is 69.5 Å². The van der Waals surface area contributed by atoms with E-state index in [1.54, 1.807) is 0 Å². The molecule has 24 heteroatoms. The molecule has 66 heavy (non-hydrogen) atoms. The Morgan fingerprint density at radius 2 is 1.65 bits per heavy atom. The first-order valence-electron chi connectivity index (χ1n) is 20.3. The Morgan fingerprint density at radius 3 is 2.27 bits per heavy atom. The van der Waals surface area contributed by atoms with E-state index in [9.17, 15) is 52.4 Å². The van der Waals surface area contributed by atoms with Crippen LogP contribution in [-0.2, 0) is 56.3 Å². The van der Waals surface area contributed by atoms with E-state index in [1.165, 1.54) is 45.0 Å². The average Bonchev–Trinajstić information content (AvgIpc) is 4.13. The van der Waals surface area contributed by atoms with Gasteiger partial charge in [0.1, 0.15) is 40.9 Å². The van der Waals surface area contributed by atoms with Crippen molar-refractivity contribution in [2.75, 3.05) is 10.5 Å². The SMILES string of the molecule is CCS(=O)(=O)Nc1nn(CC(F)F)c2c(-c3ccc(C#CC(C)(C)S(=O)(=O)C4CC4)nc3[C@H](Cc3cc(F)cc(F)c3)NC(=O)Cn3nc(C(F)(F)F)c4c3C(F)(F)C3C[C@H]43)ccc(Cl)c12. The summed E-state index contributed by atoms with van der Waals surface area (Å²) < 4.78 is 185. The van der Waals surface area contributed by atoms with Gasteiger partial charge in [-0.25, -0.2) is 39.4 Å². The molecule has 0 radical (unpaired) electrons. The number of sulfonamides is 1. The molecule has 0 spiro atoms. The van der Waals surface area contributed by atoms with Gasteiger partial charge >= 0.3 is 6.18 Å². The normalized spacial score (nSPS) is 18.5. The van der Waals surface area contributed by atoms with Crippen molar-refractivity contribution < 1.29 is 61.1 Å². The first kappa shape index (κ1) is 47.2. The molecule has 3 atom stereocenters. The van der Waals surface area contributed by atoms with Gasteiger partial charge in [0.2, 0.25) is 15.9 Å². The number of anilines is 1. The molecule has 12 nitrogen and oxygen atoms in total. The van der Waals surface area contributed by atoms with Gasteiger partial charge in [-0.15, -0.1) is 0 Å². The van der Waals surface area contributed by atoms with Crippen LogP contribution in [0.5, 0.6) is 0 Å². The summed E-state index contributed by atoms with van der Waals surface area (Å²) in [5.41, 5.74) is -4.21. The van der Waals surface area contributed by atoms with Gasteiger partial charge in [-0.3, -0.25) is 18.9 Å². The minimum absolute atomic E-state index is 0.0357. The minimum atomic E-state index is -5.16. The zero-order valence-corrected chi connectivity index (χ0v) is 37.1. The molecule has 0 bridgehead atoms. The van der Waals surface area contributed by atoms with Crippen LogP contribution in [0.15, 0.2) is 42.5 Å². The molecule has 3 aliphatic carbocycles. The Morgan fingerprint density at radius 1 is 0.985 bits per heavy atom. The monoisotopic (exact) mass is 989 g/mol. The summed E-state index contributed by atoms with van der Waals surface area (Å²) in [7, 11) is -7.88. The van der Waals surface area contributed by atoms with Crippen LogP contribution in [0.4, 0.5) is 45.3 Å². The average molecular weight is 990 g/mol. The number of sulfone groups is 1. The van der Waals surface area contributed by atoms with E-state index in [-0.39, 0.29) is 55.1 Å². The van der Waals surface area contributed by atoms with Gasteiger partial charge in [0.05, 0.1) is 38.7 Å². The number of benzene rings is 2. The summed E-state index contributed by atoms with van der Waals surface area (Å²) >= 11 is 6.58. The number of carbonyl (C=O) groups excluding carboxylic acids is 1. The molecule has 1 amide bonds.